The summed E-state index contributed by atoms with van der Waals surface area (Å²) in [7, 11) is 0. The summed E-state index contributed by atoms with van der Waals surface area (Å²) in [5.41, 5.74) is 0.551. The Morgan fingerprint density at radius 3 is 2.23 bits per heavy atom. The number of nitrogens with one attached hydrogen (secondary N) is 3. The first-order valence-corrected chi connectivity index (χ1v) is 10.3. The number of carboxylic acid groups (broad SMARTS) is 2. The van der Waals surface area contributed by atoms with Gasteiger partial charge in [0.25, 0.3) is 5.91 Å². The molecule has 0 radical (unpaired) electrons. The summed E-state index contributed by atoms with van der Waals surface area (Å²) in [6.07, 6.45) is 1.28. The maximum atomic E-state index is 12.0. The summed E-state index contributed by atoms with van der Waals surface area (Å²) in [6, 6.07) is 4.05. The van der Waals surface area contributed by atoms with Gasteiger partial charge in [-0.1, -0.05) is 0 Å². The van der Waals surface area contributed by atoms with E-state index in [1.807, 2.05) is 12.1 Å². The molecule has 30 heavy (non-hydrogen) atoms. The quantitative estimate of drug-likeness (QED) is 0.145. The van der Waals surface area contributed by atoms with E-state index in [4.69, 9.17) is 10.2 Å². The summed E-state index contributed by atoms with van der Waals surface area (Å²) < 4.78 is 1.03. The second-order valence-electron chi connectivity index (χ2n) is 6.44. The number of urea groups is 1. The second kappa shape index (κ2) is 13.5. The van der Waals surface area contributed by atoms with Crippen molar-refractivity contribution in [2.45, 2.75) is 44.2 Å². The van der Waals surface area contributed by atoms with Crippen LogP contribution in [0.25, 0.3) is 0 Å². The van der Waals surface area contributed by atoms with E-state index in [9.17, 15) is 24.0 Å². The molecule has 0 aliphatic heterocycles. The van der Waals surface area contributed by atoms with Gasteiger partial charge in [-0.2, -0.15) is 0 Å². The van der Waals surface area contributed by atoms with Crippen LogP contribution >= 0.6 is 22.6 Å². The molecule has 0 saturated carbocycles. The number of carbonyl (C=O) groups excluding carboxylic acids is 3. The summed E-state index contributed by atoms with van der Waals surface area (Å²) >= 11 is 2.15. The van der Waals surface area contributed by atoms with E-state index in [0.29, 0.717) is 37.7 Å². The molecule has 0 aromatic heterocycles. The van der Waals surface area contributed by atoms with E-state index in [-0.39, 0.29) is 12.3 Å². The molecule has 0 bridgehead atoms. The zero-order valence-electron chi connectivity index (χ0n) is 16.1. The van der Waals surface area contributed by atoms with Gasteiger partial charge in [-0.25, -0.2) is 9.59 Å². The molecular formula is C19H24IN3O7. The predicted molar refractivity (Wildman–Crippen MR) is 115 cm³/mol. The summed E-state index contributed by atoms with van der Waals surface area (Å²) in [5.74, 6) is -2.74. The lowest BCUT2D eigenvalue weighted by Gasteiger charge is -2.17. The van der Waals surface area contributed by atoms with Crippen LogP contribution in [0, 0.1) is 3.57 Å². The first-order chi connectivity index (χ1) is 14.2. The van der Waals surface area contributed by atoms with E-state index in [1.165, 1.54) is 0 Å². The average Bonchev–Trinajstić information content (AvgIpc) is 2.69. The Bertz CT molecular complexity index is 755. The number of hydrogen-bond donors (Lipinski definition) is 5. The Balaban J connectivity index is 2.32. The van der Waals surface area contributed by atoms with Crippen LogP contribution in [0.4, 0.5) is 4.79 Å². The molecule has 5 N–H and O–H groups in total. The molecule has 2 atom stereocenters. The highest BCUT2D eigenvalue weighted by Crippen LogP contribution is 2.07. The zero-order chi connectivity index (χ0) is 22.5. The topological polar surface area (TPSA) is 162 Å². The van der Waals surface area contributed by atoms with Crippen molar-refractivity contribution in [3.05, 3.63) is 33.4 Å². The van der Waals surface area contributed by atoms with Crippen molar-refractivity contribution in [1.82, 2.24) is 16.0 Å². The number of carbonyl (C=O) groups is 5. The molecule has 0 heterocycles. The molecule has 11 heteroatoms. The van der Waals surface area contributed by atoms with Gasteiger partial charge in [0, 0.05) is 22.1 Å². The summed E-state index contributed by atoms with van der Waals surface area (Å²) in [6.45, 7) is 0.402. The number of carboxylic acids is 2. The van der Waals surface area contributed by atoms with Crippen LogP contribution in [-0.2, 0) is 14.4 Å². The van der Waals surface area contributed by atoms with Crippen LogP contribution in [0.2, 0.25) is 0 Å². The minimum Gasteiger partial charge on any atom is -0.481 e. The third-order valence-corrected chi connectivity index (χ3v) is 4.78. The number of benzene rings is 1. The fourth-order valence-corrected chi connectivity index (χ4v) is 2.82. The first kappa shape index (κ1) is 25.3. The highest BCUT2D eigenvalue weighted by Gasteiger charge is 2.22. The molecule has 0 aliphatic rings. The molecule has 0 fully saturated rings. The van der Waals surface area contributed by atoms with Crippen molar-refractivity contribution in [3.63, 3.8) is 0 Å². The summed E-state index contributed by atoms with van der Waals surface area (Å²) in [4.78, 5) is 56.7. The Labute approximate surface area is 186 Å². The smallest absolute Gasteiger partial charge is 0.326 e. The zero-order valence-corrected chi connectivity index (χ0v) is 18.3. The Morgan fingerprint density at radius 2 is 1.67 bits per heavy atom. The third kappa shape index (κ3) is 10.2. The predicted octanol–water partition coefficient (Wildman–Crippen LogP) is 1.38. The number of halogens is 1. The molecule has 0 spiro atoms. The van der Waals surface area contributed by atoms with Gasteiger partial charge in [-0.05, 0) is 72.5 Å². The van der Waals surface area contributed by atoms with Crippen molar-refractivity contribution in [2.24, 2.45) is 0 Å². The molecule has 1 aromatic rings. The number of unbranched alkanes of at least 4 members (excludes halogenated alkanes) is 1. The number of amides is 3. The van der Waals surface area contributed by atoms with E-state index in [0.717, 1.165) is 3.57 Å². The molecule has 0 aliphatic carbocycles. The van der Waals surface area contributed by atoms with Crippen molar-refractivity contribution in [3.8, 4) is 0 Å². The lowest BCUT2D eigenvalue weighted by Crippen LogP contribution is -2.49. The molecule has 10 nitrogen and oxygen atoms in total. The van der Waals surface area contributed by atoms with Crippen molar-refractivity contribution in [1.29, 1.82) is 0 Å². The van der Waals surface area contributed by atoms with Crippen LogP contribution in [-0.4, -0.2) is 59.0 Å². The van der Waals surface area contributed by atoms with Gasteiger partial charge in [0.05, 0.1) is 6.04 Å². The van der Waals surface area contributed by atoms with Crippen molar-refractivity contribution >= 4 is 52.8 Å². The van der Waals surface area contributed by atoms with Crippen LogP contribution in [0.15, 0.2) is 24.3 Å². The van der Waals surface area contributed by atoms with E-state index >= 15 is 0 Å². The number of rotatable bonds is 13. The van der Waals surface area contributed by atoms with Crippen molar-refractivity contribution < 1.29 is 34.2 Å². The second-order valence-corrected chi connectivity index (χ2v) is 7.69. The highest BCUT2D eigenvalue weighted by atomic mass is 127. The van der Waals surface area contributed by atoms with Gasteiger partial charge in [-0.3, -0.25) is 9.59 Å². The van der Waals surface area contributed by atoms with E-state index in [1.54, 1.807) is 12.1 Å². The van der Waals surface area contributed by atoms with Crippen molar-refractivity contribution in [2.75, 3.05) is 6.54 Å². The fourth-order valence-electron chi connectivity index (χ4n) is 2.46. The molecule has 0 unspecified atom stereocenters. The molecule has 1 rings (SSSR count). The van der Waals surface area contributed by atoms with Gasteiger partial charge in [0.1, 0.15) is 12.3 Å². The highest BCUT2D eigenvalue weighted by molar-refractivity contribution is 14.1. The molecule has 3 amide bonds. The monoisotopic (exact) mass is 533 g/mol. The third-order valence-electron chi connectivity index (χ3n) is 4.06. The standard InChI is InChI=1S/C19H24IN3O7/c20-13-6-4-12(5-7-13)17(27)21-10-2-1-3-14(11-24)22-19(30)23-15(18(28)29)8-9-16(25)26/h4-7,11,14-15H,1-3,8-10H2,(H,21,27)(H,25,26)(H,28,29)(H2,22,23,30)/t14-,15-/m0/s1. The fraction of sp³-hybridized carbons (Fsp3) is 0.421. The van der Waals surface area contributed by atoms with Gasteiger partial charge in [0.15, 0.2) is 0 Å². The van der Waals surface area contributed by atoms with Crippen LogP contribution < -0.4 is 16.0 Å². The maximum Gasteiger partial charge on any atom is 0.326 e. The summed E-state index contributed by atoms with van der Waals surface area (Å²) in [5, 5.41) is 24.9. The first-order valence-electron chi connectivity index (χ1n) is 9.23. The SMILES string of the molecule is O=C[C@H](CCCCNC(=O)c1ccc(I)cc1)NC(=O)N[C@@H](CCC(=O)O)C(=O)O. The minimum absolute atomic E-state index is 0.197. The molecular weight excluding hydrogens is 509 g/mol. The average molecular weight is 533 g/mol. The minimum atomic E-state index is -1.37. The Morgan fingerprint density at radius 1 is 1.00 bits per heavy atom. The normalized spacial score (nSPS) is 12.3. The van der Waals surface area contributed by atoms with Gasteiger partial charge >= 0.3 is 18.0 Å². The molecule has 0 saturated heterocycles. The van der Waals surface area contributed by atoms with Crippen LogP contribution in [0.1, 0.15) is 42.5 Å². The van der Waals surface area contributed by atoms with Crippen LogP contribution in [0.5, 0.6) is 0 Å². The number of aldehydes is 1. The lowest BCUT2D eigenvalue weighted by atomic mass is 10.1. The Hall–Kier alpha value is -2.70. The van der Waals surface area contributed by atoms with Gasteiger partial charge in [-0.15, -0.1) is 0 Å². The molecule has 1 aromatic carbocycles. The Kier molecular flexibility index (Phi) is 11.4. The van der Waals surface area contributed by atoms with Gasteiger partial charge < -0.3 is 31.0 Å². The van der Waals surface area contributed by atoms with E-state index < -0.39 is 36.5 Å². The lowest BCUT2D eigenvalue weighted by molar-refractivity contribution is -0.140. The van der Waals surface area contributed by atoms with Crippen LogP contribution in [0.3, 0.4) is 0 Å². The van der Waals surface area contributed by atoms with Gasteiger partial charge in [0.2, 0.25) is 0 Å². The number of aliphatic carboxylic acids is 2. The largest absolute Gasteiger partial charge is 0.481 e. The number of hydrogen-bond acceptors (Lipinski definition) is 5. The maximum absolute atomic E-state index is 12.0. The van der Waals surface area contributed by atoms with E-state index in [2.05, 4.69) is 38.5 Å². The molecule has 164 valence electrons.